The van der Waals surface area contributed by atoms with Gasteiger partial charge in [-0.3, -0.25) is 14.0 Å². The number of nitrogen functional groups attached to an aromatic ring is 1. The normalized spacial score (nSPS) is 15.6. The molecule has 4 aromatic rings. The van der Waals surface area contributed by atoms with Crippen molar-refractivity contribution in [3.63, 3.8) is 0 Å². The van der Waals surface area contributed by atoms with Gasteiger partial charge < -0.3 is 20.9 Å². The third kappa shape index (κ3) is 5.12. The van der Waals surface area contributed by atoms with E-state index in [1.54, 1.807) is 42.7 Å². The van der Waals surface area contributed by atoms with Gasteiger partial charge in [0.15, 0.2) is 0 Å². The van der Waals surface area contributed by atoms with Gasteiger partial charge in [0.25, 0.3) is 5.91 Å². The Morgan fingerprint density at radius 3 is 2.68 bits per heavy atom. The maximum absolute atomic E-state index is 13.0. The fourth-order valence-electron chi connectivity index (χ4n) is 4.69. The summed E-state index contributed by atoms with van der Waals surface area (Å²) in [6, 6.07) is 12.3. The standard InChI is InChI=1S/C28H30N8O2/c1-34(2)16-6-9-23(37)35-17-5-7-21(35)27-33-24(25-26(29)31-15-18-36(25)27)19-10-12-20(13-11-19)28(38)32-22-8-3-4-14-30-22/h3-4,6,8-15,18,21H,5,7,16-17H2,1-2H3,(H2,29,31)(H,30,32,38). The second-order valence-corrected chi connectivity index (χ2v) is 9.45. The summed E-state index contributed by atoms with van der Waals surface area (Å²) in [5.74, 6) is 1.29. The minimum Gasteiger partial charge on any atom is -0.382 e. The van der Waals surface area contributed by atoms with E-state index >= 15 is 0 Å². The van der Waals surface area contributed by atoms with E-state index in [4.69, 9.17) is 10.7 Å². The van der Waals surface area contributed by atoms with Gasteiger partial charge >= 0.3 is 0 Å². The molecule has 1 fully saturated rings. The van der Waals surface area contributed by atoms with Crippen LogP contribution in [0, 0.1) is 0 Å². The van der Waals surface area contributed by atoms with Crippen LogP contribution in [0.5, 0.6) is 0 Å². The zero-order valence-electron chi connectivity index (χ0n) is 21.4. The Hall–Kier alpha value is -4.57. The van der Waals surface area contributed by atoms with Crippen LogP contribution in [-0.2, 0) is 4.79 Å². The molecule has 1 aromatic carbocycles. The number of nitrogens with zero attached hydrogens (tertiary/aromatic N) is 6. The molecule has 1 aliphatic rings. The number of benzene rings is 1. The lowest BCUT2D eigenvalue weighted by atomic mass is 10.1. The molecule has 0 bridgehead atoms. The summed E-state index contributed by atoms with van der Waals surface area (Å²) in [7, 11) is 3.92. The number of carbonyl (C=O) groups is 2. The molecule has 10 heteroatoms. The van der Waals surface area contributed by atoms with Crippen LogP contribution in [-0.4, -0.2) is 68.2 Å². The first kappa shape index (κ1) is 25.1. The maximum atomic E-state index is 13.0. The minimum absolute atomic E-state index is 0.0297. The SMILES string of the molecule is CN(C)CC=CC(=O)N1CCCC1c1nc(-c2ccc(C(=O)Nc3ccccn3)cc2)c2c(N)nccn12. The Morgan fingerprint density at radius 1 is 1.13 bits per heavy atom. The lowest BCUT2D eigenvalue weighted by Crippen LogP contribution is -2.30. The minimum atomic E-state index is -0.255. The van der Waals surface area contributed by atoms with Crippen LogP contribution in [0.3, 0.4) is 0 Å². The number of carbonyl (C=O) groups excluding carboxylic acids is 2. The summed E-state index contributed by atoms with van der Waals surface area (Å²) in [4.78, 5) is 43.0. The number of nitrogens with one attached hydrogen (secondary N) is 1. The topological polar surface area (TPSA) is 122 Å². The number of hydrogen-bond donors (Lipinski definition) is 2. The highest BCUT2D eigenvalue weighted by Gasteiger charge is 2.33. The van der Waals surface area contributed by atoms with Crippen molar-refractivity contribution in [3.8, 4) is 11.3 Å². The number of nitrogens with two attached hydrogens (primary N) is 1. The predicted molar refractivity (Wildman–Crippen MR) is 146 cm³/mol. The highest BCUT2D eigenvalue weighted by Crippen LogP contribution is 2.36. The first-order valence-electron chi connectivity index (χ1n) is 12.5. The lowest BCUT2D eigenvalue weighted by molar-refractivity contribution is -0.127. The molecule has 0 spiro atoms. The number of fused-ring (bicyclic) bond motifs is 1. The van der Waals surface area contributed by atoms with Gasteiger partial charge in [0.2, 0.25) is 5.91 Å². The molecule has 0 radical (unpaired) electrons. The zero-order chi connectivity index (χ0) is 26.6. The molecule has 4 heterocycles. The third-order valence-corrected chi connectivity index (χ3v) is 6.50. The molecule has 2 amide bonds. The summed E-state index contributed by atoms with van der Waals surface area (Å²) in [6.07, 6.45) is 10.3. The van der Waals surface area contributed by atoms with Crippen molar-refractivity contribution in [3.05, 3.63) is 84.6 Å². The van der Waals surface area contributed by atoms with Crippen molar-refractivity contribution in [1.29, 1.82) is 0 Å². The molecule has 1 unspecified atom stereocenters. The summed E-state index contributed by atoms with van der Waals surface area (Å²) in [5.41, 5.74) is 8.94. The van der Waals surface area contributed by atoms with E-state index in [-0.39, 0.29) is 17.9 Å². The fourth-order valence-corrected chi connectivity index (χ4v) is 4.69. The zero-order valence-corrected chi connectivity index (χ0v) is 21.4. The first-order chi connectivity index (χ1) is 18.4. The summed E-state index contributed by atoms with van der Waals surface area (Å²) >= 11 is 0. The number of amides is 2. The van der Waals surface area contributed by atoms with E-state index in [2.05, 4.69) is 15.3 Å². The Balaban J connectivity index is 1.45. The van der Waals surface area contributed by atoms with Gasteiger partial charge in [-0.15, -0.1) is 0 Å². The van der Waals surface area contributed by atoms with Gasteiger partial charge in [-0.1, -0.05) is 24.3 Å². The molecule has 3 aromatic heterocycles. The van der Waals surface area contributed by atoms with Crippen molar-refractivity contribution in [2.75, 3.05) is 38.2 Å². The number of anilines is 2. The quantitative estimate of drug-likeness (QED) is 0.366. The maximum Gasteiger partial charge on any atom is 0.256 e. The highest BCUT2D eigenvalue weighted by molar-refractivity contribution is 6.04. The van der Waals surface area contributed by atoms with Crippen LogP contribution >= 0.6 is 0 Å². The predicted octanol–water partition coefficient (Wildman–Crippen LogP) is 3.41. The molecule has 1 atom stereocenters. The average molecular weight is 511 g/mol. The van der Waals surface area contributed by atoms with Crippen molar-refractivity contribution >= 4 is 29.0 Å². The summed E-state index contributed by atoms with van der Waals surface area (Å²) in [5, 5.41) is 2.79. The molecule has 3 N–H and O–H groups in total. The third-order valence-electron chi connectivity index (χ3n) is 6.50. The van der Waals surface area contributed by atoms with Gasteiger partial charge in [0.1, 0.15) is 28.7 Å². The molecule has 38 heavy (non-hydrogen) atoms. The Kier molecular flexibility index (Phi) is 7.14. The summed E-state index contributed by atoms with van der Waals surface area (Å²) < 4.78 is 1.93. The number of pyridine rings is 1. The van der Waals surface area contributed by atoms with Gasteiger partial charge in [-0.2, -0.15) is 0 Å². The van der Waals surface area contributed by atoms with E-state index < -0.39 is 0 Å². The second kappa shape index (κ2) is 10.8. The molecular formula is C28H30N8O2. The lowest BCUT2D eigenvalue weighted by Gasteiger charge is -2.22. The second-order valence-electron chi connectivity index (χ2n) is 9.45. The molecular weight excluding hydrogens is 480 g/mol. The molecule has 1 aliphatic heterocycles. The molecule has 194 valence electrons. The highest BCUT2D eigenvalue weighted by atomic mass is 16.2. The monoisotopic (exact) mass is 510 g/mol. The fraction of sp³-hybridized carbons (Fsp3) is 0.250. The van der Waals surface area contributed by atoms with Crippen LogP contribution in [0.25, 0.3) is 16.8 Å². The largest absolute Gasteiger partial charge is 0.382 e. The number of likely N-dealkylation sites (tertiary alicyclic amines) is 1. The molecule has 0 saturated carbocycles. The molecule has 1 saturated heterocycles. The summed E-state index contributed by atoms with van der Waals surface area (Å²) in [6.45, 7) is 1.36. The number of likely N-dealkylation sites (N-methyl/N-ethyl adjacent to an activating group) is 1. The van der Waals surface area contributed by atoms with Gasteiger partial charge in [0, 0.05) is 48.9 Å². The van der Waals surface area contributed by atoms with Crippen LogP contribution in [0.15, 0.2) is 73.2 Å². The smallest absolute Gasteiger partial charge is 0.256 e. The number of imidazole rings is 1. The Morgan fingerprint density at radius 2 is 1.95 bits per heavy atom. The molecule has 0 aliphatic carbocycles. The Labute approximate surface area is 220 Å². The van der Waals surface area contributed by atoms with E-state index in [9.17, 15) is 9.59 Å². The van der Waals surface area contributed by atoms with Gasteiger partial charge in [-0.05, 0) is 51.2 Å². The van der Waals surface area contributed by atoms with Crippen LogP contribution in [0.1, 0.15) is 35.1 Å². The van der Waals surface area contributed by atoms with Gasteiger partial charge in [-0.25, -0.2) is 15.0 Å². The number of aromatic nitrogens is 4. The average Bonchev–Trinajstić information content (AvgIpc) is 3.55. The van der Waals surface area contributed by atoms with Crippen molar-refractivity contribution in [1.82, 2.24) is 29.2 Å². The van der Waals surface area contributed by atoms with Crippen molar-refractivity contribution in [2.45, 2.75) is 18.9 Å². The Bertz CT molecular complexity index is 1480. The van der Waals surface area contributed by atoms with Crippen molar-refractivity contribution in [2.24, 2.45) is 0 Å². The van der Waals surface area contributed by atoms with E-state index in [0.29, 0.717) is 41.5 Å². The van der Waals surface area contributed by atoms with Crippen molar-refractivity contribution < 1.29 is 9.59 Å². The number of hydrogen-bond acceptors (Lipinski definition) is 7. The van der Waals surface area contributed by atoms with E-state index in [1.807, 2.05) is 58.8 Å². The van der Waals surface area contributed by atoms with Gasteiger partial charge in [0.05, 0.1) is 6.04 Å². The first-order valence-corrected chi connectivity index (χ1v) is 12.5. The van der Waals surface area contributed by atoms with E-state index in [0.717, 1.165) is 24.2 Å². The van der Waals surface area contributed by atoms with Crippen LogP contribution in [0.2, 0.25) is 0 Å². The number of rotatable bonds is 7. The molecule has 10 nitrogen and oxygen atoms in total. The van der Waals surface area contributed by atoms with E-state index in [1.165, 1.54) is 0 Å². The van der Waals surface area contributed by atoms with Crippen LogP contribution in [0.4, 0.5) is 11.6 Å². The molecule has 5 rings (SSSR count). The van der Waals surface area contributed by atoms with Crippen LogP contribution < -0.4 is 11.1 Å².